The maximum absolute atomic E-state index is 11.4. The van der Waals surface area contributed by atoms with Crippen LogP contribution in [0.1, 0.15) is 129 Å². The second-order valence-corrected chi connectivity index (χ2v) is 9.82. The summed E-state index contributed by atoms with van der Waals surface area (Å²) in [6.07, 6.45) is 17.8. The van der Waals surface area contributed by atoms with Crippen LogP contribution in [0.4, 0.5) is 0 Å². The van der Waals surface area contributed by atoms with Crippen molar-refractivity contribution in [1.29, 1.82) is 0 Å². The Bertz CT molecular complexity index is 415. The van der Waals surface area contributed by atoms with Crippen LogP contribution in [0, 0.1) is 0 Å². The van der Waals surface area contributed by atoms with Gasteiger partial charge in [0.2, 0.25) is 0 Å². The average molecular weight is 429 g/mol. The Balaban J connectivity index is 0. The third-order valence-electron chi connectivity index (χ3n) is 5.49. The van der Waals surface area contributed by atoms with E-state index < -0.39 is 15.4 Å². The Morgan fingerprint density at radius 2 is 0.964 bits per heavy atom. The molecule has 1 N–H and O–H groups in total. The quantitative estimate of drug-likeness (QED) is 0.183. The molecule has 28 heavy (non-hydrogen) atoms. The van der Waals surface area contributed by atoms with E-state index in [1.165, 1.54) is 32.1 Å². The third-order valence-corrected chi connectivity index (χ3v) is 6.78. The van der Waals surface area contributed by atoms with Gasteiger partial charge in [-0.2, -0.15) is 0 Å². The number of hydrogen-bond acceptors (Lipinski definition) is 4. The first-order chi connectivity index (χ1) is 12.9. The Morgan fingerprint density at radius 1 is 0.643 bits per heavy atom. The predicted molar refractivity (Wildman–Crippen MR) is 114 cm³/mol. The van der Waals surface area contributed by atoms with Gasteiger partial charge in [-0.3, -0.25) is 0 Å². The van der Waals surface area contributed by atoms with Crippen molar-refractivity contribution in [2.24, 2.45) is 0 Å². The SMILES string of the molecule is CCCCCCCC(CCCCCCCC(O)CCCCCC)S(=O)(=O)[O-].[Na+]. The van der Waals surface area contributed by atoms with Crippen LogP contribution in [0.15, 0.2) is 0 Å². The summed E-state index contributed by atoms with van der Waals surface area (Å²) in [4.78, 5) is 0. The van der Waals surface area contributed by atoms with Gasteiger partial charge in [-0.1, -0.05) is 104 Å². The van der Waals surface area contributed by atoms with E-state index >= 15 is 0 Å². The molecule has 0 aromatic heterocycles. The minimum atomic E-state index is -4.16. The van der Waals surface area contributed by atoms with Crippen LogP contribution in [0.25, 0.3) is 0 Å². The molecule has 0 aromatic rings. The monoisotopic (exact) mass is 428 g/mol. The summed E-state index contributed by atoms with van der Waals surface area (Å²) in [5, 5.41) is 9.26. The van der Waals surface area contributed by atoms with Crippen molar-refractivity contribution in [3.05, 3.63) is 0 Å². The average Bonchev–Trinajstić information content (AvgIpc) is 2.61. The van der Waals surface area contributed by atoms with Crippen LogP contribution in [0.3, 0.4) is 0 Å². The maximum Gasteiger partial charge on any atom is 1.00 e. The molecule has 0 aromatic carbocycles. The number of aliphatic hydroxyl groups is 1. The van der Waals surface area contributed by atoms with Crippen molar-refractivity contribution in [2.75, 3.05) is 0 Å². The van der Waals surface area contributed by atoms with Crippen molar-refractivity contribution in [3.8, 4) is 0 Å². The number of rotatable bonds is 20. The van der Waals surface area contributed by atoms with E-state index in [0.717, 1.165) is 70.6 Å². The summed E-state index contributed by atoms with van der Waals surface area (Å²) in [6.45, 7) is 4.35. The molecule has 6 heteroatoms. The molecule has 2 atom stereocenters. The van der Waals surface area contributed by atoms with E-state index in [4.69, 9.17) is 0 Å². The summed E-state index contributed by atoms with van der Waals surface area (Å²) in [7, 11) is -4.16. The van der Waals surface area contributed by atoms with Crippen molar-refractivity contribution < 1.29 is 47.6 Å². The fourth-order valence-electron chi connectivity index (χ4n) is 3.64. The number of aliphatic hydroxyl groups excluding tert-OH is 1. The molecule has 4 nitrogen and oxygen atoms in total. The molecule has 0 aliphatic rings. The molecule has 0 radical (unpaired) electrons. The smallest absolute Gasteiger partial charge is 0.748 e. The van der Waals surface area contributed by atoms with Gasteiger partial charge in [0.25, 0.3) is 0 Å². The van der Waals surface area contributed by atoms with E-state index in [-0.39, 0.29) is 35.7 Å². The molecule has 0 heterocycles. The summed E-state index contributed by atoms with van der Waals surface area (Å²) < 4.78 is 34.3. The largest absolute Gasteiger partial charge is 1.00 e. The topological polar surface area (TPSA) is 77.4 Å². The molecule has 164 valence electrons. The van der Waals surface area contributed by atoms with E-state index in [0.29, 0.717) is 12.8 Å². The van der Waals surface area contributed by atoms with Gasteiger partial charge in [0, 0.05) is 5.25 Å². The standard InChI is InChI=1S/C22H46O4S.Na/c1-3-5-7-10-15-19-22(27(24,25)26)20-16-12-9-11-14-18-21(23)17-13-8-6-4-2;/h21-23H,3-20H2,1-2H3,(H,24,25,26);/q;+1/p-1. The normalized spacial score (nSPS) is 13.9. The van der Waals surface area contributed by atoms with Crippen LogP contribution in [0.2, 0.25) is 0 Å². The van der Waals surface area contributed by atoms with Crippen molar-refractivity contribution in [1.82, 2.24) is 0 Å². The molecule has 0 aliphatic heterocycles. The molecule has 0 bridgehead atoms. The summed E-state index contributed by atoms with van der Waals surface area (Å²) in [6, 6.07) is 0. The van der Waals surface area contributed by atoms with Crippen molar-refractivity contribution in [3.63, 3.8) is 0 Å². The van der Waals surface area contributed by atoms with Crippen LogP contribution < -0.4 is 29.6 Å². The summed E-state index contributed by atoms with van der Waals surface area (Å²) >= 11 is 0. The van der Waals surface area contributed by atoms with E-state index in [1.807, 2.05) is 0 Å². The number of hydrogen-bond donors (Lipinski definition) is 1. The fraction of sp³-hybridized carbons (Fsp3) is 1.00. The van der Waals surface area contributed by atoms with Gasteiger partial charge in [-0.15, -0.1) is 0 Å². The van der Waals surface area contributed by atoms with E-state index in [1.54, 1.807) is 0 Å². The van der Waals surface area contributed by atoms with Gasteiger partial charge in [0.15, 0.2) is 0 Å². The molecular formula is C22H45NaO4S. The molecular weight excluding hydrogens is 383 g/mol. The Morgan fingerprint density at radius 3 is 1.36 bits per heavy atom. The Labute approximate surface area is 197 Å². The van der Waals surface area contributed by atoms with Crippen LogP contribution in [0.5, 0.6) is 0 Å². The van der Waals surface area contributed by atoms with Crippen molar-refractivity contribution >= 4 is 10.1 Å². The first-order valence-electron chi connectivity index (χ1n) is 11.5. The summed E-state index contributed by atoms with van der Waals surface area (Å²) in [5.41, 5.74) is 0. The molecule has 0 fully saturated rings. The maximum atomic E-state index is 11.4. The molecule has 2 unspecified atom stereocenters. The van der Waals surface area contributed by atoms with Crippen LogP contribution in [-0.2, 0) is 10.1 Å². The molecule has 0 rings (SSSR count). The van der Waals surface area contributed by atoms with Crippen LogP contribution >= 0.6 is 0 Å². The minimum Gasteiger partial charge on any atom is -0.748 e. The van der Waals surface area contributed by atoms with E-state index in [9.17, 15) is 18.1 Å². The summed E-state index contributed by atoms with van der Waals surface area (Å²) in [5.74, 6) is 0. The first-order valence-corrected chi connectivity index (χ1v) is 13.0. The Hall–Kier alpha value is 0.870. The molecule has 0 spiro atoms. The predicted octanol–water partition coefficient (Wildman–Crippen LogP) is 3.33. The van der Waals surface area contributed by atoms with Gasteiger partial charge in [0.1, 0.15) is 0 Å². The van der Waals surface area contributed by atoms with Gasteiger partial charge in [0.05, 0.1) is 16.2 Å². The molecule has 0 saturated heterocycles. The van der Waals surface area contributed by atoms with Crippen LogP contribution in [-0.4, -0.2) is 29.4 Å². The Kier molecular flexibility index (Phi) is 23.4. The third kappa shape index (κ3) is 20.2. The van der Waals surface area contributed by atoms with Gasteiger partial charge >= 0.3 is 29.6 Å². The first kappa shape index (κ1) is 31.1. The van der Waals surface area contributed by atoms with Crippen molar-refractivity contribution in [2.45, 2.75) is 141 Å². The second kappa shape index (κ2) is 21.1. The second-order valence-electron chi connectivity index (χ2n) is 8.17. The molecule has 0 aliphatic carbocycles. The van der Waals surface area contributed by atoms with Gasteiger partial charge in [-0.05, 0) is 25.7 Å². The zero-order chi connectivity index (χ0) is 20.4. The zero-order valence-corrected chi connectivity index (χ0v) is 21.8. The zero-order valence-electron chi connectivity index (χ0n) is 19.0. The van der Waals surface area contributed by atoms with Gasteiger partial charge < -0.3 is 9.66 Å². The minimum absolute atomic E-state index is 0. The molecule has 0 saturated carbocycles. The van der Waals surface area contributed by atoms with Gasteiger partial charge in [-0.25, -0.2) is 8.42 Å². The number of unbranched alkanes of at least 4 members (excludes halogenated alkanes) is 11. The molecule has 0 amide bonds. The van der Waals surface area contributed by atoms with E-state index in [2.05, 4.69) is 13.8 Å². The fourth-order valence-corrected chi connectivity index (χ4v) is 4.55.